The first kappa shape index (κ1) is 20.6. The van der Waals surface area contributed by atoms with Gasteiger partial charge in [-0.1, -0.05) is 6.92 Å². The van der Waals surface area contributed by atoms with Gasteiger partial charge in [0.2, 0.25) is 0 Å². The summed E-state index contributed by atoms with van der Waals surface area (Å²) >= 11 is 0. The molecule has 0 saturated heterocycles. The molecule has 2 aromatic heterocycles. The van der Waals surface area contributed by atoms with Crippen LogP contribution in [0.3, 0.4) is 0 Å². The lowest BCUT2D eigenvalue weighted by molar-refractivity contribution is -0.141. The number of aromatic nitrogens is 1. The topological polar surface area (TPSA) is 92.9 Å². The average molecular weight is 374 g/mol. The molecule has 7 nitrogen and oxygen atoms in total. The zero-order chi connectivity index (χ0) is 19.8. The molecule has 1 N–H and O–H groups in total. The van der Waals surface area contributed by atoms with Crippen LogP contribution in [0.5, 0.6) is 0 Å². The van der Waals surface area contributed by atoms with Gasteiger partial charge >= 0.3 is 5.97 Å². The number of hydrogen-bond acceptors (Lipinski definition) is 5. The van der Waals surface area contributed by atoms with E-state index < -0.39 is 11.9 Å². The predicted octanol–water partition coefficient (Wildman–Crippen LogP) is 3.24. The molecule has 0 fully saturated rings. The first-order chi connectivity index (χ1) is 12.9. The lowest BCUT2D eigenvalue weighted by atomic mass is 10.1. The molecule has 146 valence electrons. The Hall–Kier alpha value is -2.67. The Labute approximate surface area is 159 Å². The number of pyridine rings is 1. The van der Waals surface area contributed by atoms with Crippen LogP contribution in [0.4, 0.5) is 0 Å². The summed E-state index contributed by atoms with van der Waals surface area (Å²) in [5.74, 6) is -1.18. The zero-order valence-corrected chi connectivity index (χ0v) is 16.0. The summed E-state index contributed by atoms with van der Waals surface area (Å²) in [5, 5.41) is 9.20. The van der Waals surface area contributed by atoms with Crippen molar-refractivity contribution in [2.45, 2.75) is 27.2 Å². The molecular weight excluding hydrogens is 348 g/mol. The molecule has 2 rings (SSSR count). The summed E-state index contributed by atoms with van der Waals surface area (Å²) in [5.41, 5.74) is 1.68. The third-order valence-electron chi connectivity index (χ3n) is 4.21. The average Bonchev–Trinajstić information content (AvgIpc) is 3.18. The van der Waals surface area contributed by atoms with Gasteiger partial charge in [0.15, 0.2) is 5.76 Å². The lowest BCUT2D eigenvalue weighted by Crippen LogP contribution is -2.38. The maximum Gasteiger partial charge on any atom is 0.308 e. The smallest absolute Gasteiger partial charge is 0.308 e. The van der Waals surface area contributed by atoms with Gasteiger partial charge in [-0.05, 0) is 44.5 Å². The number of furan rings is 1. The number of hydrogen-bond donors (Lipinski definition) is 1. The van der Waals surface area contributed by atoms with Crippen molar-refractivity contribution >= 4 is 11.9 Å². The van der Waals surface area contributed by atoms with Crippen molar-refractivity contribution in [2.75, 3.05) is 26.3 Å². The van der Waals surface area contributed by atoms with Crippen molar-refractivity contribution < 1.29 is 23.8 Å². The van der Waals surface area contributed by atoms with Gasteiger partial charge in [0.05, 0.1) is 23.4 Å². The second kappa shape index (κ2) is 9.87. The van der Waals surface area contributed by atoms with Crippen LogP contribution in [-0.4, -0.2) is 53.2 Å². The van der Waals surface area contributed by atoms with Gasteiger partial charge in [0.25, 0.3) is 5.91 Å². The van der Waals surface area contributed by atoms with Crippen LogP contribution in [0.1, 0.15) is 36.3 Å². The Kier molecular flexibility index (Phi) is 7.55. The number of rotatable bonds is 10. The summed E-state index contributed by atoms with van der Waals surface area (Å²) in [7, 11) is 0. The van der Waals surface area contributed by atoms with Crippen molar-refractivity contribution in [3.05, 3.63) is 41.8 Å². The zero-order valence-electron chi connectivity index (χ0n) is 16.0. The van der Waals surface area contributed by atoms with Gasteiger partial charge in [-0.15, -0.1) is 0 Å². The number of carbonyl (C=O) groups excluding carboxylic acids is 1. The number of carbonyl (C=O) groups is 2. The number of aliphatic carboxylic acids is 1. The van der Waals surface area contributed by atoms with E-state index in [4.69, 9.17) is 9.15 Å². The Morgan fingerprint density at radius 2 is 2.11 bits per heavy atom. The van der Waals surface area contributed by atoms with E-state index in [2.05, 4.69) is 4.98 Å². The molecule has 0 aliphatic heterocycles. The molecule has 1 atom stereocenters. The van der Waals surface area contributed by atoms with Crippen molar-refractivity contribution in [1.82, 2.24) is 9.88 Å². The highest BCUT2D eigenvalue weighted by Crippen LogP contribution is 2.20. The van der Waals surface area contributed by atoms with E-state index >= 15 is 0 Å². The van der Waals surface area contributed by atoms with Gasteiger partial charge in [0.1, 0.15) is 5.69 Å². The second-order valence-corrected chi connectivity index (χ2v) is 6.35. The van der Waals surface area contributed by atoms with Crippen LogP contribution < -0.4 is 0 Å². The van der Waals surface area contributed by atoms with Gasteiger partial charge in [-0.2, -0.15) is 0 Å². The molecule has 1 unspecified atom stereocenters. The minimum absolute atomic E-state index is 0.139. The standard InChI is InChI=1S/C20H26N2O5/c1-4-26-11-6-10-22(13-14(2)20(24)25)19(23)16-8-9-17(21-15(16)3)18-7-5-12-27-18/h5,7-9,12,14H,4,6,10-11,13H2,1-3H3,(H,24,25). The van der Waals surface area contributed by atoms with Crippen molar-refractivity contribution in [1.29, 1.82) is 0 Å². The van der Waals surface area contributed by atoms with Crippen molar-refractivity contribution in [3.8, 4) is 11.5 Å². The fourth-order valence-corrected chi connectivity index (χ4v) is 2.71. The summed E-state index contributed by atoms with van der Waals surface area (Å²) in [6.07, 6.45) is 2.21. The number of carboxylic acids is 1. The minimum Gasteiger partial charge on any atom is -0.481 e. The van der Waals surface area contributed by atoms with Crippen molar-refractivity contribution in [3.63, 3.8) is 0 Å². The van der Waals surface area contributed by atoms with Crippen LogP contribution in [0.2, 0.25) is 0 Å². The Bertz CT molecular complexity index is 758. The number of nitrogens with zero attached hydrogens (tertiary/aromatic N) is 2. The largest absolute Gasteiger partial charge is 0.481 e. The number of aryl methyl sites for hydroxylation is 1. The number of ether oxygens (including phenoxy) is 1. The highest BCUT2D eigenvalue weighted by molar-refractivity contribution is 5.95. The fraction of sp³-hybridized carbons (Fsp3) is 0.450. The maximum atomic E-state index is 13.0. The monoisotopic (exact) mass is 374 g/mol. The van der Waals surface area contributed by atoms with E-state index in [9.17, 15) is 14.7 Å². The lowest BCUT2D eigenvalue weighted by Gasteiger charge is -2.25. The summed E-state index contributed by atoms with van der Waals surface area (Å²) in [6.45, 7) is 6.96. The summed E-state index contributed by atoms with van der Waals surface area (Å²) in [6, 6.07) is 7.03. The third kappa shape index (κ3) is 5.65. The Morgan fingerprint density at radius 1 is 1.33 bits per heavy atom. The first-order valence-corrected chi connectivity index (χ1v) is 9.05. The van der Waals surface area contributed by atoms with Gasteiger partial charge in [0, 0.05) is 26.3 Å². The van der Waals surface area contributed by atoms with Gasteiger partial charge in [-0.25, -0.2) is 4.98 Å². The molecule has 0 saturated carbocycles. The number of carboxylic acid groups (broad SMARTS) is 1. The molecular formula is C20H26N2O5. The second-order valence-electron chi connectivity index (χ2n) is 6.35. The van der Waals surface area contributed by atoms with Crippen LogP contribution in [0, 0.1) is 12.8 Å². The summed E-state index contributed by atoms with van der Waals surface area (Å²) in [4.78, 5) is 30.3. The van der Waals surface area contributed by atoms with Crippen LogP contribution >= 0.6 is 0 Å². The molecule has 7 heteroatoms. The predicted molar refractivity (Wildman–Crippen MR) is 100 cm³/mol. The molecule has 0 bridgehead atoms. The first-order valence-electron chi connectivity index (χ1n) is 9.05. The Morgan fingerprint density at radius 3 is 2.70 bits per heavy atom. The SMILES string of the molecule is CCOCCCN(CC(C)C(=O)O)C(=O)c1ccc(-c2ccco2)nc1C. The molecule has 27 heavy (non-hydrogen) atoms. The quantitative estimate of drug-likeness (QED) is 0.642. The molecule has 0 radical (unpaired) electrons. The Balaban J connectivity index is 2.18. The van der Waals surface area contributed by atoms with E-state index in [1.807, 2.05) is 6.92 Å². The molecule has 0 aliphatic carbocycles. The van der Waals surface area contributed by atoms with E-state index in [1.165, 1.54) is 0 Å². The maximum absolute atomic E-state index is 13.0. The highest BCUT2D eigenvalue weighted by atomic mass is 16.5. The molecule has 2 heterocycles. The van der Waals surface area contributed by atoms with Gasteiger partial charge in [-0.3, -0.25) is 9.59 Å². The molecule has 2 aromatic rings. The van der Waals surface area contributed by atoms with Gasteiger partial charge < -0.3 is 19.2 Å². The van der Waals surface area contributed by atoms with Crippen LogP contribution in [0.25, 0.3) is 11.5 Å². The minimum atomic E-state index is -0.930. The molecule has 0 aliphatic rings. The molecule has 0 aromatic carbocycles. The van der Waals surface area contributed by atoms with E-state index in [1.54, 1.807) is 49.3 Å². The highest BCUT2D eigenvalue weighted by Gasteiger charge is 2.23. The third-order valence-corrected chi connectivity index (χ3v) is 4.21. The van der Waals surface area contributed by atoms with E-state index in [-0.39, 0.29) is 12.5 Å². The van der Waals surface area contributed by atoms with Crippen LogP contribution in [0.15, 0.2) is 34.9 Å². The van der Waals surface area contributed by atoms with E-state index in [0.717, 1.165) is 0 Å². The van der Waals surface area contributed by atoms with Crippen LogP contribution in [-0.2, 0) is 9.53 Å². The van der Waals surface area contributed by atoms with E-state index in [0.29, 0.717) is 48.9 Å². The fourth-order valence-electron chi connectivity index (χ4n) is 2.71. The molecule has 1 amide bonds. The van der Waals surface area contributed by atoms with Crippen molar-refractivity contribution in [2.24, 2.45) is 5.92 Å². The normalized spacial score (nSPS) is 12.0. The number of amides is 1. The molecule has 0 spiro atoms. The summed E-state index contributed by atoms with van der Waals surface area (Å²) < 4.78 is 10.7.